The van der Waals surface area contributed by atoms with Gasteiger partial charge in [-0.3, -0.25) is 19.8 Å². The zero-order valence-corrected chi connectivity index (χ0v) is 24.9. The summed E-state index contributed by atoms with van der Waals surface area (Å²) >= 11 is 15.7. The van der Waals surface area contributed by atoms with Crippen molar-refractivity contribution in [1.82, 2.24) is 14.9 Å². The predicted molar refractivity (Wildman–Crippen MR) is 156 cm³/mol. The lowest BCUT2D eigenvalue weighted by molar-refractivity contribution is -0.148. The summed E-state index contributed by atoms with van der Waals surface area (Å²) in [6, 6.07) is 3.87. The number of carbonyl (C=O) groups excluding carboxylic acids is 2. The summed E-state index contributed by atoms with van der Waals surface area (Å²) < 4.78 is 5.15. The van der Waals surface area contributed by atoms with Gasteiger partial charge in [0.1, 0.15) is 5.82 Å². The van der Waals surface area contributed by atoms with Crippen molar-refractivity contribution in [3.63, 3.8) is 0 Å². The number of pyridine rings is 1. The highest BCUT2D eigenvalue weighted by atomic mass is 35.5. The number of nitrogens with one attached hydrogen (secondary N) is 1. The number of rotatable bonds is 9. The molecule has 1 N–H and O–H groups in total. The van der Waals surface area contributed by atoms with Gasteiger partial charge in [0.05, 0.1) is 38.7 Å². The predicted octanol–water partition coefficient (Wildman–Crippen LogP) is 6.45. The molecule has 1 fully saturated rings. The first kappa shape index (κ1) is 28.8. The molecule has 12 heteroatoms. The van der Waals surface area contributed by atoms with Crippen LogP contribution in [0.25, 0.3) is 10.6 Å². The Labute approximate surface area is 240 Å². The fourth-order valence-corrected chi connectivity index (χ4v) is 6.57. The molecule has 0 aromatic carbocycles. The largest absolute Gasteiger partial charge is 0.466 e. The second kappa shape index (κ2) is 12.7. The van der Waals surface area contributed by atoms with Crippen molar-refractivity contribution >= 4 is 68.7 Å². The number of hydrogen-bond acceptors (Lipinski definition) is 9. The Morgan fingerprint density at radius 1 is 1.26 bits per heavy atom. The van der Waals surface area contributed by atoms with Gasteiger partial charge in [-0.05, 0) is 52.8 Å². The second-order valence-corrected chi connectivity index (χ2v) is 12.3. The van der Waals surface area contributed by atoms with Crippen LogP contribution in [0.15, 0.2) is 23.7 Å². The van der Waals surface area contributed by atoms with Crippen molar-refractivity contribution in [1.29, 1.82) is 0 Å². The summed E-state index contributed by atoms with van der Waals surface area (Å²) in [5.74, 6) is 0.0225. The van der Waals surface area contributed by atoms with Crippen LogP contribution in [0, 0.1) is 5.92 Å². The monoisotopic (exact) mass is 595 g/mol. The first-order chi connectivity index (χ1) is 18.2. The van der Waals surface area contributed by atoms with Crippen LogP contribution in [0.2, 0.25) is 10.0 Å². The first-order valence-corrected chi connectivity index (χ1v) is 14.9. The molecule has 3 aromatic heterocycles. The maximum atomic E-state index is 13.1. The number of amides is 1. The Morgan fingerprint density at radius 2 is 2.00 bits per heavy atom. The number of hydrogen-bond donors (Lipinski definition) is 1. The van der Waals surface area contributed by atoms with Gasteiger partial charge in [0.15, 0.2) is 5.13 Å². The van der Waals surface area contributed by atoms with Crippen LogP contribution in [-0.2, 0) is 16.1 Å². The highest BCUT2D eigenvalue weighted by molar-refractivity contribution is 7.17. The van der Waals surface area contributed by atoms with E-state index in [0.717, 1.165) is 15.4 Å². The molecule has 4 heterocycles. The van der Waals surface area contributed by atoms with E-state index in [1.54, 1.807) is 6.07 Å². The summed E-state index contributed by atoms with van der Waals surface area (Å²) in [6.45, 7) is 8.45. The van der Waals surface area contributed by atoms with E-state index < -0.39 is 0 Å². The second-order valence-electron chi connectivity index (χ2n) is 9.43. The molecule has 4 rings (SSSR count). The molecule has 0 radical (unpaired) electrons. The van der Waals surface area contributed by atoms with E-state index in [1.807, 2.05) is 23.3 Å². The van der Waals surface area contributed by atoms with E-state index in [9.17, 15) is 9.59 Å². The molecule has 3 aromatic rings. The number of aromatic nitrogens is 2. The van der Waals surface area contributed by atoms with Gasteiger partial charge in [-0.25, -0.2) is 9.97 Å². The Morgan fingerprint density at radius 3 is 2.61 bits per heavy atom. The van der Waals surface area contributed by atoms with Gasteiger partial charge in [-0.15, -0.1) is 11.3 Å². The van der Waals surface area contributed by atoms with E-state index in [-0.39, 0.29) is 17.8 Å². The topological polar surface area (TPSA) is 87.7 Å². The molecule has 1 saturated heterocycles. The lowest BCUT2D eigenvalue weighted by Gasteiger charge is -2.32. The van der Waals surface area contributed by atoms with Gasteiger partial charge in [0.25, 0.3) is 5.91 Å². The van der Waals surface area contributed by atoms with Crippen LogP contribution in [0.1, 0.15) is 48.8 Å². The Balaban J connectivity index is 1.46. The molecule has 0 atom stereocenters. The molecule has 0 bridgehead atoms. The molecule has 0 aliphatic carbocycles. The molecule has 1 aliphatic heterocycles. The molecular formula is C26H31Cl2N5O3S2. The molecule has 0 spiro atoms. The highest BCUT2D eigenvalue weighted by Gasteiger charge is 2.28. The zero-order chi connectivity index (χ0) is 27.4. The third kappa shape index (κ3) is 6.84. The lowest BCUT2D eigenvalue weighted by atomic mass is 9.97. The van der Waals surface area contributed by atoms with Crippen LogP contribution >= 0.6 is 45.9 Å². The Kier molecular flexibility index (Phi) is 9.64. The minimum Gasteiger partial charge on any atom is -0.466 e. The number of thiazole rings is 1. The summed E-state index contributed by atoms with van der Waals surface area (Å²) in [6.07, 6.45) is 2.87. The minimum absolute atomic E-state index is 0.103. The van der Waals surface area contributed by atoms with Gasteiger partial charge in [-0.1, -0.05) is 34.5 Å². The van der Waals surface area contributed by atoms with Gasteiger partial charge in [-0.2, -0.15) is 0 Å². The number of anilines is 2. The number of ether oxygens (including phenoxy) is 1. The lowest BCUT2D eigenvalue weighted by Crippen LogP contribution is -2.37. The number of halogens is 2. The molecule has 1 amide bonds. The summed E-state index contributed by atoms with van der Waals surface area (Å²) in [4.78, 5) is 40.6. The minimum atomic E-state index is -0.333. The summed E-state index contributed by atoms with van der Waals surface area (Å²) in [7, 11) is 2.06. The standard InChI is InChI=1S/C26H31Cl2N5O3S2/c1-5-36-25(35)16-6-8-33(9-7-16)23-19(28)10-17(12-29-23)24(34)31-26-30-22(20-11-18(27)14-37-20)21(38-26)13-32(4)15(2)3/h10-12,14-16H,5-9,13H2,1-4H3,(H,30,31,34). The Bertz CT molecular complexity index is 1290. The van der Waals surface area contributed by atoms with Crippen LogP contribution < -0.4 is 10.2 Å². The Hall–Kier alpha value is -2.24. The van der Waals surface area contributed by atoms with Crippen molar-refractivity contribution in [2.24, 2.45) is 5.92 Å². The van der Waals surface area contributed by atoms with Gasteiger partial charge in [0, 0.05) is 42.1 Å². The maximum absolute atomic E-state index is 13.1. The first-order valence-electron chi connectivity index (χ1n) is 12.5. The molecule has 1 aliphatic rings. The normalized spacial score (nSPS) is 14.4. The highest BCUT2D eigenvalue weighted by Crippen LogP contribution is 2.37. The smallest absolute Gasteiger partial charge is 0.309 e. The molecule has 0 saturated carbocycles. The third-order valence-electron chi connectivity index (χ3n) is 6.49. The molecule has 38 heavy (non-hydrogen) atoms. The van der Waals surface area contributed by atoms with Crippen LogP contribution in [0.5, 0.6) is 0 Å². The van der Waals surface area contributed by atoms with Crippen molar-refractivity contribution in [3.8, 4) is 10.6 Å². The quantitative estimate of drug-likeness (QED) is 0.284. The van der Waals surface area contributed by atoms with Crippen molar-refractivity contribution in [2.75, 3.05) is 37.0 Å². The number of piperidine rings is 1. The van der Waals surface area contributed by atoms with Crippen molar-refractivity contribution in [3.05, 3.63) is 44.2 Å². The van der Waals surface area contributed by atoms with Crippen LogP contribution in [-0.4, -0.2) is 59.5 Å². The fourth-order valence-electron chi connectivity index (χ4n) is 4.10. The molecule has 204 valence electrons. The average Bonchev–Trinajstić information content (AvgIpc) is 3.49. The number of nitrogens with zero attached hydrogens (tertiary/aromatic N) is 4. The van der Waals surface area contributed by atoms with Gasteiger partial charge < -0.3 is 9.64 Å². The van der Waals surface area contributed by atoms with E-state index in [1.165, 1.54) is 28.9 Å². The van der Waals surface area contributed by atoms with E-state index in [4.69, 9.17) is 32.9 Å². The molecular weight excluding hydrogens is 565 g/mol. The fraction of sp³-hybridized carbons (Fsp3) is 0.462. The number of carbonyl (C=O) groups is 2. The molecule has 0 unspecified atom stereocenters. The maximum Gasteiger partial charge on any atom is 0.309 e. The number of thiophene rings is 1. The number of esters is 1. The summed E-state index contributed by atoms with van der Waals surface area (Å²) in [5.41, 5.74) is 1.17. The SMILES string of the molecule is CCOC(=O)C1CCN(c2ncc(C(=O)Nc3nc(-c4cc(Cl)cs4)c(CN(C)C(C)C)s3)cc2Cl)CC1. The third-order valence-corrected chi connectivity index (χ3v) is 9.01. The van der Waals surface area contributed by atoms with Crippen LogP contribution in [0.4, 0.5) is 10.9 Å². The average molecular weight is 597 g/mol. The van der Waals surface area contributed by atoms with E-state index >= 15 is 0 Å². The van der Waals surface area contributed by atoms with E-state index in [2.05, 4.69) is 36.1 Å². The van der Waals surface area contributed by atoms with Crippen molar-refractivity contribution < 1.29 is 14.3 Å². The molecule has 8 nitrogen and oxygen atoms in total. The van der Waals surface area contributed by atoms with E-state index in [0.29, 0.717) is 71.7 Å². The van der Waals surface area contributed by atoms with Gasteiger partial charge in [0.2, 0.25) is 0 Å². The summed E-state index contributed by atoms with van der Waals surface area (Å²) in [5, 5.41) is 6.34. The zero-order valence-electron chi connectivity index (χ0n) is 21.8. The van der Waals surface area contributed by atoms with Crippen LogP contribution in [0.3, 0.4) is 0 Å². The van der Waals surface area contributed by atoms with Gasteiger partial charge >= 0.3 is 5.97 Å². The van der Waals surface area contributed by atoms with Crippen molar-refractivity contribution in [2.45, 2.75) is 46.2 Å².